The summed E-state index contributed by atoms with van der Waals surface area (Å²) in [6, 6.07) is 8.08. The van der Waals surface area contributed by atoms with Crippen molar-refractivity contribution < 1.29 is 23.1 Å². The zero-order valence-corrected chi connectivity index (χ0v) is 18.2. The van der Waals surface area contributed by atoms with Crippen molar-refractivity contribution in [1.29, 1.82) is 0 Å². The summed E-state index contributed by atoms with van der Waals surface area (Å²) in [5, 5.41) is 9.56. The van der Waals surface area contributed by atoms with Gasteiger partial charge in [0.05, 0.1) is 17.8 Å². The highest BCUT2D eigenvalue weighted by Crippen LogP contribution is 2.48. The summed E-state index contributed by atoms with van der Waals surface area (Å²) in [6.45, 7) is 3.51. The van der Waals surface area contributed by atoms with Crippen molar-refractivity contribution in [3.8, 4) is 11.3 Å². The van der Waals surface area contributed by atoms with Crippen LogP contribution in [-0.4, -0.2) is 65.1 Å². The van der Waals surface area contributed by atoms with Crippen molar-refractivity contribution in [1.82, 2.24) is 14.8 Å². The van der Waals surface area contributed by atoms with Crippen molar-refractivity contribution in [2.24, 2.45) is 5.92 Å². The number of amides is 1. The van der Waals surface area contributed by atoms with Gasteiger partial charge in [-0.1, -0.05) is 0 Å². The average molecular weight is 457 g/mol. The summed E-state index contributed by atoms with van der Waals surface area (Å²) in [5.74, 6) is -1.73. The normalized spacial score (nSPS) is 21.4. The number of carbonyl (C=O) groups excluding carboxylic acids is 1. The van der Waals surface area contributed by atoms with Gasteiger partial charge < -0.3 is 15.0 Å². The van der Waals surface area contributed by atoms with E-state index < -0.39 is 11.6 Å². The molecule has 2 fully saturated rings. The number of aromatic amines is 1. The fourth-order valence-corrected chi connectivity index (χ4v) is 5.16. The Labute approximate surface area is 189 Å². The van der Waals surface area contributed by atoms with Gasteiger partial charge >= 0.3 is 0 Å². The number of benzene rings is 2. The number of piperazine rings is 1. The molecule has 0 spiro atoms. The monoisotopic (exact) mass is 457 g/mol. The Kier molecular flexibility index (Phi) is 5.88. The second-order valence-corrected chi connectivity index (χ2v) is 8.99. The first kappa shape index (κ1) is 22.0. The number of hydrogen-bond donors (Lipinski definition) is 2. The maximum Gasteiger partial charge on any atom is 0.225 e. The smallest absolute Gasteiger partial charge is 0.225 e. The Bertz CT molecular complexity index is 1160. The fourth-order valence-electron chi connectivity index (χ4n) is 5.16. The van der Waals surface area contributed by atoms with Crippen LogP contribution in [0.4, 0.5) is 13.2 Å². The second-order valence-electron chi connectivity index (χ2n) is 8.99. The zero-order valence-electron chi connectivity index (χ0n) is 18.2. The molecule has 0 radical (unpaired) electrons. The highest BCUT2D eigenvalue weighted by Gasteiger charge is 2.40. The van der Waals surface area contributed by atoms with Crippen LogP contribution in [0.3, 0.4) is 0 Å². The molecule has 1 amide bonds. The lowest BCUT2D eigenvalue weighted by molar-refractivity contribution is -0.140. The Hall–Kier alpha value is -2.84. The van der Waals surface area contributed by atoms with Gasteiger partial charge in [0.15, 0.2) is 0 Å². The number of β-amino-alcohol motifs (C(OH)–C–C–N with tert-alkyl or cyclic N) is 1. The number of H-pyrrole nitrogens is 1. The molecule has 2 heterocycles. The number of halogens is 3. The molecule has 1 aliphatic heterocycles. The summed E-state index contributed by atoms with van der Waals surface area (Å²) in [7, 11) is 0. The van der Waals surface area contributed by atoms with E-state index in [-0.39, 0.29) is 35.7 Å². The number of aliphatic hydroxyl groups excluding tert-OH is 1. The molecule has 0 unspecified atom stereocenters. The van der Waals surface area contributed by atoms with E-state index in [0.717, 1.165) is 24.7 Å². The van der Waals surface area contributed by atoms with E-state index in [9.17, 15) is 18.0 Å². The standard InChI is InChI=1S/C25H26F3N3O2/c26-18-3-1-15(2-4-18)23-22(20-13-19(27)14-21(28)24(20)29-23)16-11-17(12-16)25(33)31-7-5-30(6-8-31)9-10-32/h1-4,13-14,16-17,29,32H,5-12H2/t16-,17-. The molecule has 1 saturated carbocycles. The van der Waals surface area contributed by atoms with Crippen molar-refractivity contribution in [3.63, 3.8) is 0 Å². The number of aliphatic hydroxyl groups is 1. The third-order valence-corrected chi connectivity index (χ3v) is 6.99. The first-order valence-corrected chi connectivity index (χ1v) is 11.3. The van der Waals surface area contributed by atoms with Crippen LogP contribution in [0.15, 0.2) is 36.4 Å². The van der Waals surface area contributed by atoms with Crippen LogP contribution >= 0.6 is 0 Å². The molecule has 174 valence electrons. The molecule has 0 bridgehead atoms. The second kappa shape index (κ2) is 8.83. The van der Waals surface area contributed by atoms with Gasteiger partial charge in [0.1, 0.15) is 17.5 Å². The minimum atomic E-state index is -0.674. The van der Waals surface area contributed by atoms with Gasteiger partial charge in [-0.05, 0) is 60.2 Å². The van der Waals surface area contributed by atoms with Gasteiger partial charge in [0, 0.05) is 50.1 Å². The molecular weight excluding hydrogens is 431 g/mol. The minimum Gasteiger partial charge on any atom is -0.395 e. The van der Waals surface area contributed by atoms with E-state index in [2.05, 4.69) is 9.88 Å². The van der Waals surface area contributed by atoms with E-state index in [1.54, 1.807) is 12.1 Å². The molecule has 2 aliphatic rings. The molecule has 0 atom stereocenters. The van der Waals surface area contributed by atoms with Gasteiger partial charge in [-0.2, -0.15) is 0 Å². The molecule has 3 aromatic rings. The summed E-state index contributed by atoms with van der Waals surface area (Å²) in [4.78, 5) is 20.1. The summed E-state index contributed by atoms with van der Waals surface area (Å²) >= 11 is 0. The van der Waals surface area contributed by atoms with Gasteiger partial charge in [0.2, 0.25) is 5.91 Å². The maximum absolute atomic E-state index is 14.5. The van der Waals surface area contributed by atoms with Crippen LogP contribution in [0.5, 0.6) is 0 Å². The molecule has 1 aliphatic carbocycles. The molecule has 33 heavy (non-hydrogen) atoms. The first-order valence-electron chi connectivity index (χ1n) is 11.3. The summed E-state index contributed by atoms with van der Waals surface area (Å²) < 4.78 is 42.1. The number of hydrogen-bond acceptors (Lipinski definition) is 3. The van der Waals surface area contributed by atoms with E-state index in [1.807, 2.05) is 4.90 Å². The van der Waals surface area contributed by atoms with Crippen molar-refractivity contribution in [2.45, 2.75) is 18.8 Å². The average Bonchev–Trinajstić information content (AvgIpc) is 3.13. The lowest BCUT2D eigenvalue weighted by Gasteiger charge is -2.41. The lowest BCUT2D eigenvalue weighted by atomic mass is 9.69. The van der Waals surface area contributed by atoms with E-state index in [0.29, 0.717) is 49.1 Å². The fraction of sp³-hybridized carbons (Fsp3) is 0.400. The molecule has 8 heteroatoms. The van der Waals surface area contributed by atoms with Crippen molar-refractivity contribution in [3.05, 3.63) is 59.4 Å². The highest BCUT2D eigenvalue weighted by molar-refractivity contribution is 5.92. The Balaban J connectivity index is 1.39. The quantitative estimate of drug-likeness (QED) is 0.611. The first-order chi connectivity index (χ1) is 15.9. The predicted molar refractivity (Wildman–Crippen MR) is 119 cm³/mol. The molecule has 1 saturated heterocycles. The number of fused-ring (bicyclic) bond motifs is 1. The van der Waals surface area contributed by atoms with E-state index in [4.69, 9.17) is 5.11 Å². The van der Waals surface area contributed by atoms with Crippen LogP contribution in [0.25, 0.3) is 22.2 Å². The van der Waals surface area contributed by atoms with Crippen molar-refractivity contribution in [2.75, 3.05) is 39.3 Å². The lowest BCUT2D eigenvalue weighted by Crippen LogP contribution is -2.52. The number of rotatable bonds is 5. The van der Waals surface area contributed by atoms with Gasteiger partial charge in [-0.15, -0.1) is 0 Å². The Morgan fingerprint density at radius 2 is 1.70 bits per heavy atom. The van der Waals surface area contributed by atoms with Crippen LogP contribution in [0.1, 0.15) is 24.3 Å². The van der Waals surface area contributed by atoms with Crippen LogP contribution in [0, 0.1) is 23.4 Å². The third-order valence-electron chi connectivity index (χ3n) is 6.99. The van der Waals surface area contributed by atoms with E-state index in [1.165, 1.54) is 18.2 Å². The Morgan fingerprint density at radius 3 is 2.36 bits per heavy atom. The molecular formula is C25H26F3N3O2. The predicted octanol–water partition coefficient (Wildman–Crippen LogP) is 3.88. The zero-order chi connectivity index (χ0) is 23.1. The van der Waals surface area contributed by atoms with Gasteiger partial charge in [-0.25, -0.2) is 13.2 Å². The van der Waals surface area contributed by atoms with Crippen molar-refractivity contribution >= 4 is 16.8 Å². The number of nitrogens with one attached hydrogen (secondary N) is 1. The van der Waals surface area contributed by atoms with Crippen LogP contribution < -0.4 is 0 Å². The number of nitrogens with zero attached hydrogens (tertiary/aromatic N) is 2. The Morgan fingerprint density at radius 1 is 1.00 bits per heavy atom. The molecule has 5 nitrogen and oxygen atoms in total. The van der Waals surface area contributed by atoms with Crippen LogP contribution in [-0.2, 0) is 4.79 Å². The number of carbonyl (C=O) groups is 1. The van der Waals surface area contributed by atoms with Gasteiger partial charge in [0.25, 0.3) is 0 Å². The van der Waals surface area contributed by atoms with E-state index >= 15 is 0 Å². The van der Waals surface area contributed by atoms with Crippen LogP contribution in [0.2, 0.25) is 0 Å². The van der Waals surface area contributed by atoms with Gasteiger partial charge in [-0.3, -0.25) is 9.69 Å². The topological polar surface area (TPSA) is 59.6 Å². The molecule has 2 N–H and O–H groups in total. The molecule has 2 aromatic carbocycles. The number of aromatic nitrogens is 1. The summed E-state index contributed by atoms with van der Waals surface area (Å²) in [6.07, 6.45) is 1.21. The third kappa shape index (κ3) is 4.13. The minimum absolute atomic E-state index is 0.0235. The highest BCUT2D eigenvalue weighted by atomic mass is 19.1. The largest absolute Gasteiger partial charge is 0.395 e. The SMILES string of the molecule is O=C([C@H]1C[C@H](c2c(-c3ccc(F)cc3)[nH]c3c(F)cc(F)cc32)C1)N1CCN(CCO)CC1. The maximum atomic E-state index is 14.5. The molecule has 1 aromatic heterocycles. The summed E-state index contributed by atoms with van der Waals surface area (Å²) in [5.41, 5.74) is 2.34. The molecule has 5 rings (SSSR count).